The summed E-state index contributed by atoms with van der Waals surface area (Å²) in [7, 11) is 0. The lowest BCUT2D eigenvalue weighted by Crippen LogP contribution is -2.09. The fourth-order valence-corrected chi connectivity index (χ4v) is 1.61. The number of ether oxygens (including phenoxy) is 1. The van der Waals surface area contributed by atoms with E-state index in [1.54, 1.807) is 0 Å². The van der Waals surface area contributed by atoms with Crippen LogP contribution in [-0.4, -0.2) is 12.2 Å². The Morgan fingerprint density at radius 2 is 2.00 bits per heavy atom. The monoisotopic (exact) mass is 217 g/mol. The van der Waals surface area contributed by atoms with Gasteiger partial charge in [-0.3, -0.25) is 0 Å². The zero-order valence-corrected chi connectivity index (χ0v) is 8.84. The van der Waals surface area contributed by atoms with Crippen LogP contribution in [0.2, 0.25) is 0 Å². The van der Waals surface area contributed by atoms with Gasteiger partial charge < -0.3 is 4.74 Å². The minimum absolute atomic E-state index is 0.494. The third kappa shape index (κ3) is 2.16. The zero-order chi connectivity index (χ0) is 11.5. The molecule has 0 fully saturated rings. The van der Waals surface area contributed by atoms with Crippen molar-refractivity contribution >= 4 is 5.97 Å². The molecule has 1 aliphatic rings. The second-order valence-electron chi connectivity index (χ2n) is 3.78. The van der Waals surface area contributed by atoms with Crippen molar-refractivity contribution in [2.24, 2.45) is 5.18 Å². The van der Waals surface area contributed by atoms with Crippen molar-refractivity contribution in [3.63, 3.8) is 0 Å². The van der Waals surface area contributed by atoms with Gasteiger partial charge in [0, 0.05) is 11.6 Å². The lowest BCUT2D eigenvalue weighted by Gasteiger charge is -2.06. The van der Waals surface area contributed by atoms with Gasteiger partial charge in [-0.1, -0.05) is 29.8 Å². The van der Waals surface area contributed by atoms with Gasteiger partial charge in [0.25, 0.3) is 6.23 Å². The second kappa shape index (κ2) is 4.26. The molecule has 1 atom stereocenters. The third-order valence-electron chi connectivity index (χ3n) is 2.47. The number of hydrogen-bond donors (Lipinski definition) is 0. The third-order valence-corrected chi connectivity index (χ3v) is 2.47. The van der Waals surface area contributed by atoms with Crippen molar-refractivity contribution in [2.45, 2.75) is 19.6 Å². The maximum absolute atomic E-state index is 11.0. The summed E-state index contributed by atoms with van der Waals surface area (Å²) in [5, 5.41) is 2.77. The molecule has 1 aliphatic heterocycles. The smallest absolute Gasteiger partial charge is 0.333 e. The minimum Gasteiger partial charge on any atom is -0.429 e. The molecule has 0 bridgehead atoms. The molecule has 0 N–H and O–H groups in total. The lowest BCUT2D eigenvalue weighted by molar-refractivity contribution is -0.138. The van der Waals surface area contributed by atoms with Crippen molar-refractivity contribution in [3.8, 4) is 0 Å². The van der Waals surface area contributed by atoms with Crippen molar-refractivity contribution in [3.05, 3.63) is 51.9 Å². The number of benzene rings is 1. The van der Waals surface area contributed by atoms with Crippen LogP contribution in [0.5, 0.6) is 0 Å². The molecule has 1 heterocycles. The topological polar surface area (TPSA) is 55.7 Å². The summed E-state index contributed by atoms with van der Waals surface area (Å²) >= 11 is 0. The van der Waals surface area contributed by atoms with Gasteiger partial charge in [0.1, 0.15) is 0 Å². The highest BCUT2D eigenvalue weighted by Gasteiger charge is 2.26. The number of hydrogen-bond acceptors (Lipinski definition) is 4. The van der Waals surface area contributed by atoms with E-state index >= 15 is 0 Å². The van der Waals surface area contributed by atoms with Crippen molar-refractivity contribution in [2.75, 3.05) is 0 Å². The van der Waals surface area contributed by atoms with Crippen molar-refractivity contribution < 1.29 is 9.53 Å². The molecule has 0 saturated heterocycles. The number of cyclic esters (lactones) is 1. The van der Waals surface area contributed by atoms with Crippen LogP contribution in [0, 0.1) is 11.8 Å². The molecule has 82 valence electrons. The summed E-state index contributed by atoms with van der Waals surface area (Å²) in [5.74, 6) is -0.494. The highest BCUT2D eigenvalue weighted by molar-refractivity contribution is 5.85. The van der Waals surface area contributed by atoms with Gasteiger partial charge in [-0.05, 0) is 24.1 Å². The Morgan fingerprint density at radius 1 is 1.31 bits per heavy atom. The van der Waals surface area contributed by atoms with E-state index in [1.807, 2.05) is 31.2 Å². The molecule has 0 aliphatic carbocycles. The van der Waals surface area contributed by atoms with Gasteiger partial charge in [-0.2, -0.15) is 0 Å². The summed E-state index contributed by atoms with van der Waals surface area (Å²) in [4.78, 5) is 21.4. The van der Waals surface area contributed by atoms with Crippen LogP contribution >= 0.6 is 0 Å². The van der Waals surface area contributed by atoms with Gasteiger partial charge in [-0.25, -0.2) is 4.79 Å². The highest BCUT2D eigenvalue weighted by atomic mass is 16.6. The number of rotatable bonds is 3. The van der Waals surface area contributed by atoms with Gasteiger partial charge in [0.05, 0.1) is 0 Å². The van der Waals surface area contributed by atoms with Gasteiger partial charge in [0.15, 0.2) is 0 Å². The van der Waals surface area contributed by atoms with Crippen LogP contribution in [0.25, 0.3) is 0 Å². The lowest BCUT2D eigenvalue weighted by atomic mass is 10.0. The second-order valence-corrected chi connectivity index (χ2v) is 3.78. The molecular formula is C12H11NO3. The number of nitroso groups, excluding NO2 is 1. The first-order chi connectivity index (χ1) is 7.69. The normalized spacial score (nSPS) is 19.2. The van der Waals surface area contributed by atoms with Crippen LogP contribution < -0.4 is 0 Å². The molecule has 1 aromatic rings. The SMILES string of the molecule is Cc1ccc(CC2=CC(=O)OC2N=O)cc1. The predicted octanol–water partition coefficient (Wildman–Crippen LogP) is 2.11. The summed E-state index contributed by atoms with van der Waals surface area (Å²) in [5.41, 5.74) is 2.81. The molecule has 1 unspecified atom stereocenters. The fourth-order valence-electron chi connectivity index (χ4n) is 1.61. The Hall–Kier alpha value is -1.97. The number of esters is 1. The van der Waals surface area contributed by atoms with E-state index in [0.29, 0.717) is 12.0 Å². The Balaban J connectivity index is 2.15. The van der Waals surface area contributed by atoms with Crippen molar-refractivity contribution in [1.29, 1.82) is 0 Å². The minimum atomic E-state index is -0.950. The van der Waals surface area contributed by atoms with Crippen LogP contribution in [0.15, 0.2) is 41.1 Å². The average Bonchev–Trinajstić information content (AvgIpc) is 2.62. The van der Waals surface area contributed by atoms with Gasteiger partial charge in [-0.15, -0.1) is 4.91 Å². The number of aryl methyl sites for hydroxylation is 1. The van der Waals surface area contributed by atoms with E-state index in [2.05, 4.69) is 5.18 Å². The van der Waals surface area contributed by atoms with Crippen LogP contribution in [0.4, 0.5) is 0 Å². The van der Waals surface area contributed by atoms with E-state index in [4.69, 9.17) is 4.74 Å². The maximum atomic E-state index is 11.0. The number of carbonyl (C=O) groups excluding carboxylic acids is 1. The summed E-state index contributed by atoms with van der Waals surface area (Å²) in [6, 6.07) is 7.88. The molecule has 4 nitrogen and oxygen atoms in total. The standard InChI is InChI=1S/C12H11NO3/c1-8-2-4-9(5-3-8)6-10-7-11(14)16-12(10)13-15/h2-5,7,12H,6H2,1H3. The molecular weight excluding hydrogens is 206 g/mol. The maximum Gasteiger partial charge on any atom is 0.333 e. The molecule has 2 rings (SSSR count). The Labute approximate surface area is 92.9 Å². The van der Waals surface area contributed by atoms with E-state index in [9.17, 15) is 9.70 Å². The quantitative estimate of drug-likeness (QED) is 0.575. The molecule has 0 radical (unpaired) electrons. The van der Waals surface area contributed by atoms with Crippen molar-refractivity contribution in [1.82, 2.24) is 0 Å². The van der Waals surface area contributed by atoms with E-state index in [-0.39, 0.29) is 0 Å². The van der Waals surface area contributed by atoms with Crippen LogP contribution in [0.1, 0.15) is 11.1 Å². The zero-order valence-electron chi connectivity index (χ0n) is 8.84. The summed E-state index contributed by atoms with van der Waals surface area (Å²) < 4.78 is 4.71. The van der Waals surface area contributed by atoms with E-state index < -0.39 is 12.2 Å². The van der Waals surface area contributed by atoms with E-state index in [1.165, 1.54) is 11.6 Å². The Morgan fingerprint density at radius 3 is 2.62 bits per heavy atom. The summed E-state index contributed by atoms with van der Waals surface area (Å²) in [6.45, 7) is 2.00. The average molecular weight is 217 g/mol. The fraction of sp³-hybridized carbons (Fsp3) is 0.250. The molecule has 1 aromatic carbocycles. The highest BCUT2D eigenvalue weighted by Crippen LogP contribution is 2.21. The first kappa shape index (κ1) is 10.5. The summed E-state index contributed by atoms with van der Waals surface area (Å²) in [6.07, 6.45) is 0.905. The Kier molecular flexibility index (Phi) is 2.81. The molecule has 0 saturated carbocycles. The molecule has 0 aromatic heterocycles. The van der Waals surface area contributed by atoms with E-state index in [0.717, 1.165) is 5.56 Å². The first-order valence-corrected chi connectivity index (χ1v) is 4.98. The first-order valence-electron chi connectivity index (χ1n) is 4.98. The largest absolute Gasteiger partial charge is 0.429 e. The molecule has 16 heavy (non-hydrogen) atoms. The number of nitrogens with zero attached hydrogens (tertiary/aromatic N) is 1. The van der Waals surface area contributed by atoms with Gasteiger partial charge in [0.2, 0.25) is 0 Å². The molecule has 4 heteroatoms. The predicted molar refractivity (Wildman–Crippen MR) is 58.6 cm³/mol. The number of carbonyl (C=O) groups is 1. The molecule has 0 amide bonds. The molecule has 0 spiro atoms. The Bertz CT molecular complexity index is 448. The van der Waals surface area contributed by atoms with Gasteiger partial charge >= 0.3 is 5.97 Å². The van der Waals surface area contributed by atoms with Crippen LogP contribution in [-0.2, 0) is 16.0 Å². The van der Waals surface area contributed by atoms with Crippen LogP contribution in [0.3, 0.4) is 0 Å².